The fraction of sp³-hybridized carbons (Fsp3) is 0.368. The molecular formula is C19H22Cl3NO2. The van der Waals surface area contributed by atoms with Crippen LogP contribution in [0.3, 0.4) is 0 Å². The molecule has 1 N–H and O–H groups in total. The molecule has 0 spiro atoms. The summed E-state index contributed by atoms with van der Waals surface area (Å²) in [6.07, 6.45) is 1.08. The van der Waals surface area contributed by atoms with E-state index in [0.717, 1.165) is 30.6 Å². The van der Waals surface area contributed by atoms with Crippen LogP contribution in [0.4, 0.5) is 0 Å². The lowest BCUT2D eigenvalue weighted by atomic mass is 10.2. The smallest absolute Gasteiger partial charge is 0.180 e. The summed E-state index contributed by atoms with van der Waals surface area (Å²) in [5.41, 5.74) is 1.77. The lowest BCUT2D eigenvalue weighted by molar-refractivity contribution is 0.269. The number of nitrogens with one attached hydrogen (secondary N) is 1. The molecule has 0 unspecified atom stereocenters. The number of halogens is 3. The summed E-state index contributed by atoms with van der Waals surface area (Å²) in [6, 6.07) is 9.18. The summed E-state index contributed by atoms with van der Waals surface area (Å²) < 4.78 is 11.6. The van der Waals surface area contributed by atoms with Gasteiger partial charge in [0, 0.05) is 22.2 Å². The molecule has 6 heteroatoms. The Morgan fingerprint density at radius 1 is 0.960 bits per heavy atom. The van der Waals surface area contributed by atoms with Crippen LogP contribution >= 0.6 is 34.8 Å². The molecule has 0 bridgehead atoms. The van der Waals surface area contributed by atoms with Crippen molar-refractivity contribution in [1.29, 1.82) is 0 Å². The molecule has 0 fully saturated rings. The molecular weight excluding hydrogens is 381 g/mol. The van der Waals surface area contributed by atoms with Gasteiger partial charge >= 0.3 is 0 Å². The van der Waals surface area contributed by atoms with Crippen molar-refractivity contribution in [3.05, 3.63) is 56.5 Å². The number of hydrogen-bond donors (Lipinski definition) is 1. The molecule has 2 aromatic rings. The summed E-state index contributed by atoms with van der Waals surface area (Å²) in [7, 11) is 0. The summed E-state index contributed by atoms with van der Waals surface area (Å²) in [4.78, 5) is 0. The third kappa shape index (κ3) is 5.68. The second-order valence-electron chi connectivity index (χ2n) is 5.50. The van der Waals surface area contributed by atoms with Crippen molar-refractivity contribution >= 4 is 34.8 Å². The van der Waals surface area contributed by atoms with Crippen LogP contribution in [0.15, 0.2) is 30.3 Å². The Morgan fingerprint density at radius 2 is 1.68 bits per heavy atom. The Balaban J connectivity index is 2.21. The van der Waals surface area contributed by atoms with E-state index in [0.29, 0.717) is 33.2 Å². The van der Waals surface area contributed by atoms with Gasteiger partial charge in [0.25, 0.3) is 0 Å². The molecule has 0 heterocycles. The van der Waals surface area contributed by atoms with Crippen LogP contribution in [0.5, 0.6) is 11.5 Å². The van der Waals surface area contributed by atoms with Gasteiger partial charge in [-0.3, -0.25) is 0 Å². The number of benzene rings is 2. The zero-order chi connectivity index (χ0) is 18.2. The molecule has 2 aromatic carbocycles. The monoisotopic (exact) mass is 401 g/mol. The summed E-state index contributed by atoms with van der Waals surface area (Å²) in [5, 5.41) is 4.97. The molecule has 25 heavy (non-hydrogen) atoms. The molecule has 0 amide bonds. The minimum atomic E-state index is 0.214. The van der Waals surface area contributed by atoms with Gasteiger partial charge in [-0.15, -0.1) is 0 Å². The molecule has 3 nitrogen and oxygen atoms in total. The third-order valence-electron chi connectivity index (χ3n) is 3.55. The molecule has 136 valence electrons. The molecule has 2 rings (SSSR count). The van der Waals surface area contributed by atoms with Crippen molar-refractivity contribution in [2.24, 2.45) is 0 Å². The van der Waals surface area contributed by atoms with Crippen LogP contribution in [0, 0.1) is 0 Å². The van der Waals surface area contributed by atoms with Gasteiger partial charge in [0.15, 0.2) is 11.5 Å². The predicted molar refractivity (Wildman–Crippen MR) is 105 cm³/mol. The predicted octanol–water partition coefficient (Wildman–Crippen LogP) is 6.12. The van der Waals surface area contributed by atoms with Gasteiger partial charge in [0.05, 0.1) is 11.6 Å². The van der Waals surface area contributed by atoms with E-state index in [1.807, 2.05) is 19.1 Å². The van der Waals surface area contributed by atoms with Crippen molar-refractivity contribution in [2.45, 2.75) is 33.4 Å². The standard InChI is InChI=1S/C19H22Cl3NO2/c1-3-8-23-11-13-9-17(22)19(18(10-13)24-4-2)25-12-14-15(20)6-5-7-16(14)21/h5-7,9-10,23H,3-4,8,11-12H2,1-2H3. The second-order valence-corrected chi connectivity index (χ2v) is 6.73. The maximum Gasteiger partial charge on any atom is 0.180 e. The van der Waals surface area contributed by atoms with Crippen molar-refractivity contribution in [3.8, 4) is 11.5 Å². The lowest BCUT2D eigenvalue weighted by Crippen LogP contribution is -2.14. The molecule has 0 saturated carbocycles. The van der Waals surface area contributed by atoms with E-state index < -0.39 is 0 Å². The van der Waals surface area contributed by atoms with Gasteiger partial charge in [-0.25, -0.2) is 0 Å². The van der Waals surface area contributed by atoms with E-state index in [-0.39, 0.29) is 6.61 Å². The Labute approximate surface area is 164 Å². The van der Waals surface area contributed by atoms with Crippen molar-refractivity contribution < 1.29 is 9.47 Å². The van der Waals surface area contributed by atoms with Gasteiger partial charge in [-0.05, 0) is 49.7 Å². The van der Waals surface area contributed by atoms with Gasteiger partial charge < -0.3 is 14.8 Å². The highest BCUT2D eigenvalue weighted by molar-refractivity contribution is 6.36. The number of hydrogen-bond acceptors (Lipinski definition) is 3. The zero-order valence-electron chi connectivity index (χ0n) is 14.4. The summed E-state index contributed by atoms with van der Waals surface area (Å²) >= 11 is 18.8. The highest BCUT2D eigenvalue weighted by atomic mass is 35.5. The van der Waals surface area contributed by atoms with Crippen molar-refractivity contribution in [3.63, 3.8) is 0 Å². The molecule has 0 radical (unpaired) electrons. The fourth-order valence-electron chi connectivity index (χ4n) is 2.35. The summed E-state index contributed by atoms with van der Waals surface area (Å²) in [6.45, 7) is 6.46. The van der Waals surface area contributed by atoms with Crippen LogP contribution in [0.2, 0.25) is 15.1 Å². The molecule has 0 aliphatic heterocycles. The van der Waals surface area contributed by atoms with Crippen LogP contribution in [-0.4, -0.2) is 13.2 Å². The first kappa shape index (κ1) is 20.2. The van der Waals surface area contributed by atoms with E-state index in [2.05, 4.69) is 12.2 Å². The van der Waals surface area contributed by atoms with Crippen LogP contribution in [0.25, 0.3) is 0 Å². The first-order valence-electron chi connectivity index (χ1n) is 8.28. The van der Waals surface area contributed by atoms with Gasteiger partial charge in [0.1, 0.15) is 6.61 Å². The fourth-order valence-corrected chi connectivity index (χ4v) is 3.14. The first-order chi connectivity index (χ1) is 12.1. The second kappa shape index (κ2) is 10.1. The Kier molecular flexibility index (Phi) is 8.17. The van der Waals surface area contributed by atoms with Crippen LogP contribution < -0.4 is 14.8 Å². The minimum Gasteiger partial charge on any atom is -0.490 e. The normalized spacial score (nSPS) is 10.8. The highest BCUT2D eigenvalue weighted by Gasteiger charge is 2.14. The highest BCUT2D eigenvalue weighted by Crippen LogP contribution is 2.38. The van der Waals surface area contributed by atoms with E-state index in [9.17, 15) is 0 Å². The summed E-state index contributed by atoms with van der Waals surface area (Å²) in [5.74, 6) is 1.12. The molecule has 0 aliphatic carbocycles. The largest absolute Gasteiger partial charge is 0.490 e. The maximum absolute atomic E-state index is 6.43. The van der Waals surface area contributed by atoms with E-state index in [1.54, 1.807) is 18.2 Å². The van der Waals surface area contributed by atoms with E-state index in [4.69, 9.17) is 44.3 Å². The molecule has 0 aliphatic rings. The molecule has 0 saturated heterocycles. The van der Waals surface area contributed by atoms with Gasteiger partial charge in [-0.1, -0.05) is 47.8 Å². The first-order valence-corrected chi connectivity index (χ1v) is 9.41. The minimum absolute atomic E-state index is 0.214. The Morgan fingerprint density at radius 3 is 2.32 bits per heavy atom. The van der Waals surface area contributed by atoms with Crippen molar-refractivity contribution in [2.75, 3.05) is 13.2 Å². The van der Waals surface area contributed by atoms with Crippen LogP contribution in [-0.2, 0) is 13.2 Å². The molecule has 0 aromatic heterocycles. The number of ether oxygens (including phenoxy) is 2. The van der Waals surface area contributed by atoms with Gasteiger partial charge in [-0.2, -0.15) is 0 Å². The zero-order valence-corrected chi connectivity index (χ0v) is 16.6. The molecule has 0 atom stereocenters. The quantitative estimate of drug-likeness (QED) is 0.512. The van der Waals surface area contributed by atoms with Crippen molar-refractivity contribution in [1.82, 2.24) is 5.32 Å². The topological polar surface area (TPSA) is 30.5 Å². The SMILES string of the molecule is CCCNCc1cc(Cl)c(OCc2c(Cl)cccc2Cl)c(OCC)c1. The Bertz CT molecular complexity index is 687. The third-order valence-corrected chi connectivity index (χ3v) is 4.54. The van der Waals surface area contributed by atoms with Gasteiger partial charge in [0.2, 0.25) is 0 Å². The lowest BCUT2D eigenvalue weighted by Gasteiger charge is -2.16. The van der Waals surface area contributed by atoms with E-state index >= 15 is 0 Å². The average Bonchev–Trinajstić information content (AvgIpc) is 2.57. The van der Waals surface area contributed by atoms with Crippen LogP contribution in [0.1, 0.15) is 31.4 Å². The maximum atomic E-state index is 6.43. The average molecular weight is 403 g/mol. The Hall–Kier alpha value is -1.13. The number of rotatable bonds is 9. The van der Waals surface area contributed by atoms with E-state index in [1.165, 1.54) is 0 Å².